The first kappa shape index (κ1) is 16.5. The third-order valence-corrected chi connectivity index (χ3v) is 3.51. The number of nitrogens with zero attached hydrogens (tertiary/aromatic N) is 1. The molecule has 4 nitrogen and oxygen atoms in total. The average Bonchev–Trinajstić information content (AvgIpc) is 2.33. The molecule has 112 valence electrons. The highest BCUT2D eigenvalue weighted by Gasteiger charge is 2.15. The van der Waals surface area contributed by atoms with Crippen LogP contribution < -0.4 is 11.1 Å². The lowest BCUT2D eigenvalue weighted by molar-refractivity contribution is 0.0939. The van der Waals surface area contributed by atoms with Crippen molar-refractivity contribution in [1.29, 1.82) is 0 Å². The Bertz CT molecular complexity index is 427. The summed E-state index contributed by atoms with van der Waals surface area (Å²) in [6, 6.07) is 6.46. The van der Waals surface area contributed by atoms with Crippen molar-refractivity contribution in [2.75, 3.05) is 18.8 Å². The standard InChI is InChI=1S/C16H27N3O/c1-11(2)19(12(3)4)10-9-18-16(20)15-13(5)7-6-8-14(15)17/h6-8,11-12H,9-10,17H2,1-5H3,(H,18,20). The molecule has 0 saturated carbocycles. The minimum atomic E-state index is -0.0898. The van der Waals surface area contributed by atoms with Gasteiger partial charge in [-0.3, -0.25) is 9.69 Å². The van der Waals surface area contributed by atoms with E-state index in [1.807, 2.05) is 19.1 Å². The van der Waals surface area contributed by atoms with Gasteiger partial charge < -0.3 is 11.1 Å². The number of nitrogen functional groups attached to an aromatic ring is 1. The topological polar surface area (TPSA) is 58.4 Å². The SMILES string of the molecule is Cc1cccc(N)c1C(=O)NCCN(C(C)C)C(C)C. The molecule has 0 aromatic heterocycles. The van der Waals surface area contributed by atoms with Crippen LogP contribution in [-0.2, 0) is 0 Å². The van der Waals surface area contributed by atoms with Gasteiger partial charge in [0.2, 0.25) is 0 Å². The number of nitrogens with one attached hydrogen (secondary N) is 1. The van der Waals surface area contributed by atoms with E-state index in [2.05, 4.69) is 37.9 Å². The largest absolute Gasteiger partial charge is 0.398 e. The molecule has 0 radical (unpaired) electrons. The first-order chi connectivity index (χ1) is 9.34. The number of carbonyl (C=O) groups excluding carboxylic acids is 1. The highest BCUT2D eigenvalue weighted by molar-refractivity contribution is 6.00. The maximum absolute atomic E-state index is 12.2. The summed E-state index contributed by atoms with van der Waals surface area (Å²) in [7, 11) is 0. The van der Waals surface area contributed by atoms with E-state index < -0.39 is 0 Å². The summed E-state index contributed by atoms with van der Waals surface area (Å²) in [6.45, 7) is 12.0. The van der Waals surface area contributed by atoms with Crippen LogP contribution in [-0.4, -0.2) is 36.0 Å². The average molecular weight is 277 g/mol. The van der Waals surface area contributed by atoms with Gasteiger partial charge in [-0.2, -0.15) is 0 Å². The van der Waals surface area contributed by atoms with Crippen molar-refractivity contribution in [3.05, 3.63) is 29.3 Å². The molecule has 0 unspecified atom stereocenters. The third-order valence-electron chi connectivity index (χ3n) is 3.51. The van der Waals surface area contributed by atoms with Crippen LogP contribution in [0, 0.1) is 6.92 Å². The van der Waals surface area contributed by atoms with Gasteiger partial charge in [0.15, 0.2) is 0 Å². The summed E-state index contributed by atoms with van der Waals surface area (Å²) in [5.41, 5.74) is 7.91. The molecule has 0 bridgehead atoms. The van der Waals surface area contributed by atoms with Gasteiger partial charge in [0.1, 0.15) is 0 Å². The predicted octanol–water partition coefficient (Wildman–Crippen LogP) is 2.43. The van der Waals surface area contributed by atoms with Crippen LogP contribution in [0.5, 0.6) is 0 Å². The zero-order valence-corrected chi connectivity index (χ0v) is 13.2. The molecule has 20 heavy (non-hydrogen) atoms. The summed E-state index contributed by atoms with van der Waals surface area (Å²) in [5, 5.41) is 2.96. The molecule has 0 aliphatic rings. The maximum atomic E-state index is 12.2. The van der Waals surface area contributed by atoms with Crippen molar-refractivity contribution in [3.63, 3.8) is 0 Å². The molecule has 0 aliphatic heterocycles. The third kappa shape index (κ3) is 4.23. The highest BCUT2D eigenvalue weighted by atomic mass is 16.1. The fraction of sp³-hybridized carbons (Fsp3) is 0.562. The van der Waals surface area contributed by atoms with Gasteiger partial charge in [-0.25, -0.2) is 0 Å². The minimum Gasteiger partial charge on any atom is -0.398 e. The zero-order chi connectivity index (χ0) is 15.3. The van der Waals surface area contributed by atoms with Gasteiger partial charge in [0.05, 0.1) is 5.56 Å². The van der Waals surface area contributed by atoms with Crippen molar-refractivity contribution in [2.24, 2.45) is 0 Å². The summed E-state index contributed by atoms with van der Waals surface area (Å²) in [4.78, 5) is 14.5. The Hall–Kier alpha value is -1.55. The molecule has 0 spiro atoms. The summed E-state index contributed by atoms with van der Waals surface area (Å²) in [6.07, 6.45) is 0. The highest BCUT2D eigenvalue weighted by Crippen LogP contribution is 2.15. The summed E-state index contributed by atoms with van der Waals surface area (Å²) >= 11 is 0. The predicted molar refractivity (Wildman–Crippen MR) is 84.9 cm³/mol. The first-order valence-corrected chi connectivity index (χ1v) is 7.23. The normalized spacial score (nSPS) is 11.4. The van der Waals surface area contributed by atoms with E-state index in [1.165, 1.54) is 0 Å². The lowest BCUT2D eigenvalue weighted by atomic mass is 10.1. The van der Waals surface area contributed by atoms with Crippen LogP contribution in [0.3, 0.4) is 0 Å². The van der Waals surface area contributed by atoms with Gasteiger partial charge in [0, 0.05) is 30.9 Å². The monoisotopic (exact) mass is 277 g/mol. The van der Waals surface area contributed by atoms with Crippen molar-refractivity contribution >= 4 is 11.6 Å². The Morgan fingerprint density at radius 2 is 1.85 bits per heavy atom. The molecule has 1 aromatic rings. The number of aryl methyl sites for hydroxylation is 1. The molecule has 0 aliphatic carbocycles. The smallest absolute Gasteiger partial charge is 0.253 e. The Labute approximate surface area is 122 Å². The van der Waals surface area contributed by atoms with E-state index in [9.17, 15) is 4.79 Å². The van der Waals surface area contributed by atoms with Crippen LogP contribution in [0.1, 0.15) is 43.6 Å². The second-order valence-corrected chi connectivity index (χ2v) is 5.72. The van der Waals surface area contributed by atoms with Gasteiger partial charge in [-0.1, -0.05) is 12.1 Å². The molecule has 0 fully saturated rings. The van der Waals surface area contributed by atoms with E-state index in [0.29, 0.717) is 29.9 Å². The molecule has 0 saturated heterocycles. The number of hydrogen-bond donors (Lipinski definition) is 2. The molecule has 4 heteroatoms. The van der Waals surface area contributed by atoms with Crippen LogP contribution in [0.25, 0.3) is 0 Å². The van der Waals surface area contributed by atoms with Gasteiger partial charge in [-0.15, -0.1) is 0 Å². The number of benzene rings is 1. The fourth-order valence-corrected chi connectivity index (χ4v) is 2.50. The Balaban J connectivity index is 2.60. The van der Waals surface area contributed by atoms with E-state index in [0.717, 1.165) is 12.1 Å². The van der Waals surface area contributed by atoms with Crippen LogP contribution in [0.2, 0.25) is 0 Å². The van der Waals surface area contributed by atoms with Gasteiger partial charge in [-0.05, 0) is 46.2 Å². The van der Waals surface area contributed by atoms with Crippen molar-refractivity contribution in [2.45, 2.75) is 46.7 Å². The van der Waals surface area contributed by atoms with Crippen molar-refractivity contribution in [1.82, 2.24) is 10.2 Å². The summed E-state index contributed by atoms with van der Waals surface area (Å²) < 4.78 is 0. The van der Waals surface area contributed by atoms with E-state index >= 15 is 0 Å². The Morgan fingerprint density at radius 1 is 1.25 bits per heavy atom. The van der Waals surface area contributed by atoms with E-state index in [-0.39, 0.29) is 5.91 Å². The number of amides is 1. The molecule has 1 amide bonds. The molecular weight excluding hydrogens is 250 g/mol. The van der Waals surface area contributed by atoms with E-state index in [4.69, 9.17) is 5.73 Å². The van der Waals surface area contributed by atoms with Gasteiger partial charge in [0.25, 0.3) is 5.91 Å². The van der Waals surface area contributed by atoms with Crippen LogP contribution in [0.4, 0.5) is 5.69 Å². The molecular formula is C16H27N3O. The molecule has 0 heterocycles. The summed E-state index contributed by atoms with van der Waals surface area (Å²) in [5.74, 6) is -0.0898. The van der Waals surface area contributed by atoms with Gasteiger partial charge >= 0.3 is 0 Å². The molecule has 1 rings (SSSR count). The molecule has 1 aromatic carbocycles. The van der Waals surface area contributed by atoms with E-state index in [1.54, 1.807) is 6.07 Å². The Kier molecular flexibility index (Phi) is 6.02. The lowest BCUT2D eigenvalue weighted by Gasteiger charge is -2.30. The second-order valence-electron chi connectivity index (χ2n) is 5.72. The number of anilines is 1. The van der Waals surface area contributed by atoms with Crippen LogP contribution >= 0.6 is 0 Å². The number of carbonyl (C=O) groups is 1. The quantitative estimate of drug-likeness (QED) is 0.785. The first-order valence-electron chi connectivity index (χ1n) is 7.23. The fourth-order valence-electron chi connectivity index (χ4n) is 2.50. The van der Waals surface area contributed by atoms with Crippen LogP contribution in [0.15, 0.2) is 18.2 Å². The van der Waals surface area contributed by atoms with Crippen molar-refractivity contribution in [3.8, 4) is 0 Å². The second kappa shape index (κ2) is 7.29. The minimum absolute atomic E-state index is 0.0898. The zero-order valence-electron chi connectivity index (χ0n) is 13.2. The maximum Gasteiger partial charge on any atom is 0.253 e. The van der Waals surface area contributed by atoms with Crippen molar-refractivity contribution < 1.29 is 4.79 Å². The Morgan fingerprint density at radius 3 is 2.35 bits per heavy atom. The lowest BCUT2D eigenvalue weighted by Crippen LogP contribution is -2.42. The number of nitrogens with two attached hydrogens (primary N) is 1. The number of hydrogen-bond acceptors (Lipinski definition) is 3. The number of rotatable bonds is 6. The molecule has 3 N–H and O–H groups in total. The molecule has 0 atom stereocenters.